The Kier molecular flexibility index (Phi) is 14.1. The van der Waals surface area contributed by atoms with E-state index in [0.717, 1.165) is 0 Å². The second-order valence-electron chi connectivity index (χ2n) is 7.74. The molecule has 2 unspecified atom stereocenters. The second-order valence-corrected chi connectivity index (χ2v) is 7.74. The lowest BCUT2D eigenvalue weighted by molar-refractivity contribution is 0.347. The zero-order valence-corrected chi connectivity index (χ0v) is 16.3. The van der Waals surface area contributed by atoms with E-state index < -0.39 is 0 Å². The molecule has 1 rings (SSSR count). The summed E-state index contributed by atoms with van der Waals surface area (Å²) >= 11 is 0. The molecule has 0 aromatic heterocycles. The van der Waals surface area contributed by atoms with Gasteiger partial charge in [0, 0.05) is 0 Å². The summed E-state index contributed by atoms with van der Waals surface area (Å²) in [5, 5.41) is 0. The number of hydrogen-bond acceptors (Lipinski definition) is 1. The normalized spacial score (nSPS) is 20.1. The Hall–Kier alpha value is -0.0400. The van der Waals surface area contributed by atoms with Crippen molar-refractivity contribution in [2.45, 2.75) is 142 Å². The fourth-order valence-corrected chi connectivity index (χ4v) is 3.65. The van der Waals surface area contributed by atoms with Crippen LogP contribution in [0.1, 0.15) is 129 Å². The highest BCUT2D eigenvalue weighted by atomic mass is 16.6. The van der Waals surface area contributed by atoms with Crippen LogP contribution in [-0.4, -0.2) is 12.2 Å². The van der Waals surface area contributed by atoms with Gasteiger partial charge in [-0.15, -0.1) is 0 Å². The largest absolute Gasteiger partial charge is 0.370 e. The number of ether oxygens (including phenoxy) is 1. The van der Waals surface area contributed by atoms with Gasteiger partial charge in [-0.25, -0.2) is 0 Å². The summed E-state index contributed by atoms with van der Waals surface area (Å²) in [4.78, 5) is 0. The Bertz CT molecular complexity index is 238. The van der Waals surface area contributed by atoms with Crippen LogP contribution in [0.2, 0.25) is 0 Å². The third-order valence-corrected chi connectivity index (χ3v) is 5.37. The van der Waals surface area contributed by atoms with Crippen molar-refractivity contribution in [3.63, 3.8) is 0 Å². The van der Waals surface area contributed by atoms with Crippen molar-refractivity contribution < 1.29 is 4.74 Å². The van der Waals surface area contributed by atoms with Gasteiger partial charge in [0.15, 0.2) is 0 Å². The highest BCUT2D eigenvalue weighted by molar-refractivity contribution is 4.84. The first-order chi connectivity index (χ1) is 11.4. The van der Waals surface area contributed by atoms with Crippen LogP contribution >= 0.6 is 0 Å². The van der Waals surface area contributed by atoms with Gasteiger partial charge in [0.25, 0.3) is 0 Å². The van der Waals surface area contributed by atoms with Gasteiger partial charge in [0.1, 0.15) is 0 Å². The van der Waals surface area contributed by atoms with Crippen molar-refractivity contribution in [2.24, 2.45) is 0 Å². The van der Waals surface area contributed by atoms with Gasteiger partial charge < -0.3 is 4.74 Å². The molecule has 0 aromatic rings. The topological polar surface area (TPSA) is 12.5 Å². The third kappa shape index (κ3) is 13.0. The summed E-state index contributed by atoms with van der Waals surface area (Å²) in [6.45, 7) is 4.58. The van der Waals surface area contributed by atoms with Crippen molar-refractivity contribution >= 4 is 0 Å². The zero-order valence-electron chi connectivity index (χ0n) is 16.3. The maximum Gasteiger partial charge on any atom is 0.0841 e. The third-order valence-electron chi connectivity index (χ3n) is 5.37. The van der Waals surface area contributed by atoms with E-state index in [2.05, 4.69) is 13.8 Å². The first kappa shape index (κ1) is 21.0. The van der Waals surface area contributed by atoms with Gasteiger partial charge in [-0.2, -0.15) is 0 Å². The molecule has 1 saturated heterocycles. The van der Waals surface area contributed by atoms with Crippen molar-refractivity contribution in [3.8, 4) is 0 Å². The predicted octanol–water partition coefficient (Wildman–Crippen LogP) is 7.82. The lowest BCUT2D eigenvalue weighted by Crippen LogP contribution is -1.94. The molecule has 1 nitrogen and oxygen atoms in total. The summed E-state index contributed by atoms with van der Waals surface area (Å²) in [5.41, 5.74) is 0. The van der Waals surface area contributed by atoms with Crippen molar-refractivity contribution in [1.29, 1.82) is 0 Å². The van der Waals surface area contributed by atoms with E-state index in [4.69, 9.17) is 4.74 Å². The monoisotopic (exact) mass is 324 g/mol. The molecule has 0 amide bonds. The maximum atomic E-state index is 5.83. The van der Waals surface area contributed by atoms with E-state index in [9.17, 15) is 0 Å². The molecule has 0 aromatic carbocycles. The molecule has 23 heavy (non-hydrogen) atoms. The van der Waals surface area contributed by atoms with E-state index in [1.165, 1.54) is 116 Å². The molecule has 0 saturated carbocycles. The molecule has 0 spiro atoms. The van der Waals surface area contributed by atoms with Gasteiger partial charge >= 0.3 is 0 Å². The zero-order chi connectivity index (χ0) is 16.6. The van der Waals surface area contributed by atoms with Gasteiger partial charge in [-0.05, 0) is 12.8 Å². The molecule has 0 aliphatic carbocycles. The fourth-order valence-electron chi connectivity index (χ4n) is 3.65. The van der Waals surface area contributed by atoms with Gasteiger partial charge in [0.05, 0.1) is 12.2 Å². The van der Waals surface area contributed by atoms with E-state index >= 15 is 0 Å². The van der Waals surface area contributed by atoms with Crippen LogP contribution in [0.15, 0.2) is 0 Å². The molecule has 1 heteroatoms. The van der Waals surface area contributed by atoms with E-state index in [-0.39, 0.29) is 0 Å². The summed E-state index contributed by atoms with van der Waals surface area (Å²) in [7, 11) is 0. The SMILES string of the molecule is CCCCCCCCCCCCC1OC1CCCCCCCC. The molecule has 1 heterocycles. The molecule has 0 radical (unpaired) electrons. The lowest BCUT2D eigenvalue weighted by atomic mass is 10.0. The summed E-state index contributed by atoms with van der Waals surface area (Å²) in [5.74, 6) is 0. The Balaban J connectivity index is 1.72. The first-order valence-electron chi connectivity index (χ1n) is 11.0. The summed E-state index contributed by atoms with van der Waals surface area (Å²) in [6.07, 6.45) is 26.8. The smallest absolute Gasteiger partial charge is 0.0841 e. The van der Waals surface area contributed by atoms with E-state index in [0.29, 0.717) is 12.2 Å². The molecule has 138 valence electrons. The van der Waals surface area contributed by atoms with E-state index in [1.807, 2.05) is 0 Å². The average molecular weight is 325 g/mol. The van der Waals surface area contributed by atoms with Crippen LogP contribution in [0.3, 0.4) is 0 Å². The molecule has 1 fully saturated rings. The van der Waals surface area contributed by atoms with Crippen molar-refractivity contribution in [1.82, 2.24) is 0 Å². The van der Waals surface area contributed by atoms with Crippen LogP contribution in [0.5, 0.6) is 0 Å². The molecule has 2 atom stereocenters. The van der Waals surface area contributed by atoms with Gasteiger partial charge in [-0.1, -0.05) is 117 Å². The van der Waals surface area contributed by atoms with Crippen molar-refractivity contribution in [2.75, 3.05) is 0 Å². The predicted molar refractivity (Wildman–Crippen MR) is 103 cm³/mol. The molecular weight excluding hydrogens is 280 g/mol. The molecular formula is C22H44O. The maximum absolute atomic E-state index is 5.83. The molecule has 1 aliphatic heterocycles. The molecule has 0 N–H and O–H groups in total. The highest BCUT2D eigenvalue weighted by Gasteiger charge is 2.36. The minimum absolute atomic E-state index is 0.639. The van der Waals surface area contributed by atoms with Crippen LogP contribution < -0.4 is 0 Å². The highest BCUT2D eigenvalue weighted by Crippen LogP contribution is 2.31. The molecule has 0 bridgehead atoms. The van der Waals surface area contributed by atoms with Crippen LogP contribution in [0.4, 0.5) is 0 Å². The van der Waals surface area contributed by atoms with Gasteiger partial charge in [0.2, 0.25) is 0 Å². The quantitative estimate of drug-likeness (QED) is 0.185. The van der Waals surface area contributed by atoms with Gasteiger partial charge in [-0.3, -0.25) is 0 Å². The minimum Gasteiger partial charge on any atom is -0.370 e. The van der Waals surface area contributed by atoms with Crippen LogP contribution in [0.25, 0.3) is 0 Å². The Morgan fingerprint density at radius 3 is 1.09 bits per heavy atom. The number of hydrogen-bond donors (Lipinski definition) is 0. The Morgan fingerprint density at radius 1 is 0.435 bits per heavy atom. The lowest BCUT2D eigenvalue weighted by Gasteiger charge is -2.02. The second kappa shape index (κ2) is 15.5. The molecule has 1 aliphatic rings. The number of rotatable bonds is 18. The van der Waals surface area contributed by atoms with Crippen LogP contribution in [0, 0.1) is 0 Å². The number of epoxide rings is 1. The summed E-state index contributed by atoms with van der Waals surface area (Å²) in [6, 6.07) is 0. The van der Waals surface area contributed by atoms with E-state index in [1.54, 1.807) is 0 Å². The summed E-state index contributed by atoms with van der Waals surface area (Å²) < 4.78 is 5.83. The minimum atomic E-state index is 0.639. The Labute approximate surface area is 147 Å². The average Bonchev–Trinajstić information content (AvgIpc) is 3.31. The number of unbranched alkanes of at least 4 members (excludes halogenated alkanes) is 14. The van der Waals surface area contributed by atoms with Crippen LogP contribution in [-0.2, 0) is 4.74 Å². The fraction of sp³-hybridized carbons (Fsp3) is 1.00. The Morgan fingerprint density at radius 2 is 0.739 bits per heavy atom. The standard InChI is InChI=1S/C22H44O/c1-3-5-7-9-11-12-13-14-16-18-20-22-21(23-22)19-17-15-10-8-6-4-2/h21-22H,3-20H2,1-2H3. The first-order valence-corrected chi connectivity index (χ1v) is 11.0. The van der Waals surface area contributed by atoms with Crippen molar-refractivity contribution in [3.05, 3.63) is 0 Å².